The van der Waals surface area contributed by atoms with Gasteiger partial charge < -0.3 is 13.9 Å². The average molecular weight is 348 g/mol. The van der Waals surface area contributed by atoms with Crippen LogP contribution in [0.1, 0.15) is 18.7 Å². The molecule has 0 fully saturated rings. The zero-order valence-electron chi connectivity index (χ0n) is 14.3. The van der Waals surface area contributed by atoms with Crippen LogP contribution in [0.15, 0.2) is 59.5 Å². The summed E-state index contributed by atoms with van der Waals surface area (Å²) in [5.74, 6) is 1.77. The van der Waals surface area contributed by atoms with E-state index in [0.29, 0.717) is 28.6 Å². The molecule has 4 rings (SSSR count). The topological polar surface area (TPSA) is 83.2 Å². The van der Waals surface area contributed by atoms with Gasteiger partial charge in [-0.25, -0.2) is 9.97 Å². The molecular formula is C19H16N4O3. The third-order valence-corrected chi connectivity index (χ3v) is 3.86. The summed E-state index contributed by atoms with van der Waals surface area (Å²) in [6.45, 7) is 1.92. The standard InChI is InChI=1S/C19H16N4O3/c1-12(16-6-5-14(24-2)10-21-16)25-15-8-17-19(22-11-15)26-18(23-17)13-4-3-7-20-9-13/h3-12H,1-2H3. The Kier molecular flexibility index (Phi) is 4.18. The van der Waals surface area contributed by atoms with E-state index in [9.17, 15) is 0 Å². The molecule has 0 amide bonds. The van der Waals surface area contributed by atoms with Gasteiger partial charge in [0.15, 0.2) is 0 Å². The number of oxazole rings is 1. The molecule has 26 heavy (non-hydrogen) atoms. The van der Waals surface area contributed by atoms with E-state index < -0.39 is 0 Å². The summed E-state index contributed by atoms with van der Waals surface area (Å²) >= 11 is 0. The first-order chi connectivity index (χ1) is 12.7. The van der Waals surface area contributed by atoms with E-state index in [-0.39, 0.29) is 6.10 Å². The van der Waals surface area contributed by atoms with Crippen LogP contribution in [0, 0.1) is 0 Å². The van der Waals surface area contributed by atoms with Crippen LogP contribution in [0.2, 0.25) is 0 Å². The number of hydrogen-bond acceptors (Lipinski definition) is 7. The summed E-state index contributed by atoms with van der Waals surface area (Å²) in [6.07, 6.45) is 6.42. The second-order valence-corrected chi connectivity index (χ2v) is 5.64. The Hall–Kier alpha value is -3.48. The van der Waals surface area contributed by atoms with Crippen LogP contribution in [-0.2, 0) is 0 Å². The Balaban J connectivity index is 1.56. The summed E-state index contributed by atoms with van der Waals surface area (Å²) in [7, 11) is 1.61. The van der Waals surface area contributed by atoms with Gasteiger partial charge in [0, 0.05) is 18.5 Å². The number of methoxy groups -OCH3 is 1. The number of rotatable bonds is 5. The lowest BCUT2D eigenvalue weighted by atomic mass is 10.2. The van der Waals surface area contributed by atoms with Gasteiger partial charge in [-0.15, -0.1) is 0 Å². The van der Waals surface area contributed by atoms with Crippen molar-refractivity contribution in [3.05, 3.63) is 60.8 Å². The molecule has 1 atom stereocenters. The van der Waals surface area contributed by atoms with E-state index in [1.165, 1.54) is 0 Å². The van der Waals surface area contributed by atoms with Crippen LogP contribution >= 0.6 is 0 Å². The number of fused-ring (bicyclic) bond motifs is 1. The molecule has 130 valence electrons. The van der Waals surface area contributed by atoms with Gasteiger partial charge in [0.1, 0.15) is 23.1 Å². The fourth-order valence-corrected chi connectivity index (χ4v) is 2.50. The van der Waals surface area contributed by atoms with E-state index in [0.717, 1.165) is 11.3 Å². The third kappa shape index (κ3) is 3.19. The predicted octanol–water partition coefficient (Wildman–Crippen LogP) is 3.83. The highest BCUT2D eigenvalue weighted by Gasteiger charge is 2.13. The largest absolute Gasteiger partial charge is 0.495 e. The Labute approximate surface area is 149 Å². The van der Waals surface area contributed by atoms with E-state index in [1.807, 2.05) is 31.2 Å². The smallest absolute Gasteiger partial charge is 0.247 e. The summed E-state index contributed by atoms with van der Waals surface area (Å²) < 4.78 is 16.7. The number of ether oxygens (including phenoxy) is 2. The van der Waals surface area contributed by atoms with Crippen LogP contribution in [0.25, 0.3) is 22.7 Å². The monoisotopic (exact) mass is 348 g/mol. The molecule has 7 heteroatoms. The van der Waals surface area contributed by atoms with Crippen LogP contribution in [0.3, 0.4) is 0 Å². The second kappa shape index (κ2) is 6.79. The maximum atomic E-state index is 5.94. The van der Waals surface area contributed by atoms with Gasteiger partial charge in [-0.2, -0.15) is 0 Å². The summed E-state index contributed by atoms with van der Waals surface area (Å²) in [4.78, 5) is 17.2. The van der Waals surface area contributed by atoms with Gasteiger partial charge in [-0.1, -0.05) is 0 Å². The Morgan fingerprint density at radius 1 is 1.04 bits per heavy atom. The molecule has 0 saturated carbocycles. The minimum absolute atomic E-state index is 0.246. The second-order valence-electron chi connectivity index (χ2n) is 5.64. The van der Waals surface area contributed by atoms with Crippen molar-refractivity contribution < 1.29 is 13.9 Å². The third-order valence-electron chi connectivity index (χ3n) is 3.86. The van der Waals surface area contributed by atoms with Crippen LogP contribution in [-0.4, -0.2) is 27.0 Å². The number of aromatic nitrogens is 4. The van der Waals surface area contributed by atoms with Gasteiger partial charge in [0.25, 0.3) is 0 Å². The highest BCUT2D eigenvalue weighted by atomic mass is 16.5. The van der Waals surface area contributed by atoms with Gasteiger partial charge in [0.05, 0.1) is 30.8 Å². The first-order valence-corrected chi connectivity index (χ1v) is 8.06. The Bertz CT molecular complexity index is 1020. The molecule has 0 aliphatic carbocycles. The molecule has 4 heterocycles. The molecule has 4 aromatic rings. The summed E-state index contributed by atoms with van der Waals surface area (Å²) in [5, 5.41) is 0. The molecule has 0 spiro atoms. The lowest BCUT2D eigenvalue weighted by Crippen LogP contribution is -2.05. The Morgan fingerprint density at radius 2 is 1.92 bits per heavy atom. The summed E-state index contributed by atoms with van der Waals surface area (Å²) in [5.41, 5.74) is 2.66. The molecule has 1 unspecified atom stereocenters. The highest BCUT2D eigenvalue weighted by Crippen LogP contribution is 2.27. The first kappa shape index (κ1) is 16.0. The van der Waals surface area contributed by atoms with Crippen molar-refractivity contribution in [3.8, 4) is 23.0 Å². The molecule has 0 N–H and O–H groups in total. The van der Waals surface area contributed by atoms with Crippen molar-refractivity contribution in [1.82, 2.24) is 19.9 Å². The fraction of sp³-hybridized carbons (Fsp3) is 0.158. The lowest BCUT2D eigenvalue weighted by Gasteiger charge is -2.13. The highest BCUT2D eigenvalue weighted by molar-refractivity contribution is 5.73. The molecule has 0 saturated heterocycles. The van der Waals surface area contributed by atoms with Crippen molar-refractivity contribution >= 4 is 11.2 Å². The van der Waals surface area contributed by atoms with Crippen molar-refractivity contribution in [2.45, 2.75) is 13.0 Å². The lowest BCUT2D eigenvalue weighted by molar-refractivity contribution is 0.221. The van der Waals surface area contributed by atoms with Crippen molar-refractivity contribution in [2.75, 3.05) is 7.11 Å². The van der Waals surface area contributed by atoms with Crippen LogP contribution in [0.5, 0.6) is 11.5 Å². The van der Waals surface area contributed by atoms with E-state index in [1.54, 1.807) is 38.0 Å². The molecule has 0 bridgehead atoms. The molecule has 0 radical (unpaired) electrons. The van der Waals surface area contributed by atoms with E-state index in [2.05, 4.69) is 19.9 Å². The maximum Gasteiger partial charge on any atom is 0.247 e. The van der Waals surface area contributed by atoms with E-state index in [4.69, 9.17) is 13.9 Å². The number of pyridine rings is 3. The molecule has 0 aromatic carbocycles. The summed E-state index contributed by atoms with van der Waals surface area (Å²) in [6, 6.07) is 9.22. The molecule has 7 nitrogen and oxygen atoms in total. The van der Waals surface area contributed by atoms with Crippen LogP contribution in [0.4, 0.5) is 0 Å². The number of hydrogen-bond donors (Lipinski definition) is 0. The SMILES string of the molecule is COc1ccc(C(C)Oc2cnc3oc(-c4cccnc4)nc3c2)nc1. The maximum absolute atomic E-state index is 5.94. The molecule has 4 aromatic heterocycles. The van der Waals surface area contributed by atoms with Crippen molar-refractivity contribution in [3.63, 3.8) is 0 Å². The number of nitrogens with zero attached hydrogens (tertiary/aromatic N) is 4. The molecule has 0 aliphatic heterocycles. The predicted molar refractivity (Wildman–Crippen MR) is 94.9 cm³/mol. The van der Waals surface area contributed by atoms with E-state index >= 15 is 0 Å². The molecular weight excluding hydrogens is 332 g/mol. The van der Waals surface area contributed by atoms with Gasteiger partial charge in [0.2, 0.25) is 11.6 Å². The fourth-order valence-electron chi connectivity index (χ4n) is 2.50. The zero-order valence-corrected chi connectivity index (χ0v) is 14.3. The van der Waals surface area contributed by atoms with Crippen molar-refractivity contribution in [1.29, 1.82) is 0 Å². The average Bonchev–Trinajstić information content (AvgIpc) is 3.12. The van der Waals surface area contributed by atoms with Gasteiger partial charge in [-0.05, 0) is 31.2 Å². The minimum atomic E-state index is -0.246. The minimum Gasteiger partial charge on any atom is -0.495 e. The molecule has 0 aliphatic rings. The van der Waals surface area contributed by atoms with Crippen LogP contribution < -0.4 is 9.47 Å². The zero-order chi connectivity index (χ0) is 17.9. The van der Waals surface area contributed by atoms with Crippen molar-refractivity contribution in [2.24, 2.45) is 0 Å². The van der Waals surface area contributed by atoms with Gasteiger partial charge >= 0.3 is 0 Å². The normalized spacial score (nSPS) is 12.1. The first-order valence-electron chi connectivity index (χ1n) is 8.06. The Morgan fingerprint density at radius 3 is 2.65 bits per heavy atom. The quantitative estimate of drug-likeness (QED) is 0.542. The van der Waals surface area contributed by atoms with Gasteiger partial charge in [-0.3, -0.25) is 9.97 Å².